The van der Waals surface area contributed by atoms with Crippen molar-refractivity contribution < 1.29 is 17.9 Å². The van der Waals surface area contributed by atoms with Gasteiger partial charge in [0.15, 0.2) is 15.7 Å². The number of aromatic nitrogens is 2. The molecule has 0 saturated heterocycles. The Labute approximate surface area is 151 Å². The lowest BCUT2D eigenvalue weighted by Gasteiger charge is -2.22. The minimum Gasteiger partial charge on any atom is -0.497 e. The molecule has 0 saturated carbocycles. The van der Waals surface area contributed by atoms with Crippen LogP contribution >= 0.6 is 0 Å². The summed E-state index contributed by atoms with van der Waals surface area (Å²) in [5.74, 6) is 2.10. The van der Waals surface area contributed by atoms with Crippen LogP contribution in [0.4, 0.5) is 0 Å². The summed E-state index contributed by atoms with van der Waals surface area (Å²) in [5.41, 5.74) is 3.63. The number of ether oxygens (including phenoxy) is 2. The number of aryl methyl sites for hydroxylation is 1. The molecule has 1 aliphatic rings. The molecule has 0 radical (unpaired) electrons. The summed E-state index contributed by atoms with van der Waals surface area (Å²) in [6, 6.07) is 12.7. The molecular weight excluding hydrogens is 352 g/mol. The van der Waals surface area contributed by atoms with Gasteiger partial charge in [-0.25, -0.2) is 13.4 Å². The molecular formula is C19H18N2O4S. The Morgan fingerprint density at radius 2 is 1.88 bits per heavy atom. The highest BCUT2D eigenvalue weighted by Crippen LogP contribution is 2.37. The predicted molar refractivity (Wildman–Crippen MR) is 97.7 cm³/mol. The van der Waals surface area contributed by atoms with E-state index in [4.69, 9.17) is 9.47 Å². The second-order valence-corrected chi connectivity index (χ2v) is 8.23. The molecule has 2 heterocycles. The first-order valence-corrected chi connectivity index (χ1v) is 9.97. The van der Waals surface area contributed by atoms with Gasteiger partial charge in [-0.1, -0.05) is 0 Å². The van der Waals surface area contributed by atoms with Crippen molar-refractivity contribution >= 4 is 9.84 Å². The first-order valence-electron chi connectivity index (χ1n) is 8.08. The van der Waals surface area contributed by atoms with Gasteiger partial charge >= 0.3 is 0 Å². The third-order valence-corrected chi connectivity index (χ3v) is 5.55. The van der Waals surface area contributed by atoms with Crippen LogP contribution in [0.15, 0.2) is 47.4 Å². The van der Waals surface area contributed by atoms with Crippen LogP contribution in [-0.2, 0) is 16.4 Å². The molecule has 0 amide bonds. The first kappa shape index (κ1) is 16.7. The van der Waals surface area contributed by atoms with E-state index in [9.17, 15) is 8.42 Å². The third-order valence-electron chi connectivity index (χ3n) is 4.44. The van der Waals surface area contributed by atoms with Gasteiger partial charge in [0.25, 0.3) is 0 Å². The van der Waals surface area contributed by atoms with Gasteiger partial charge in [0.1, 0.15) is 18.1 Å². The fourth-order valence-electron chi connectivity index (χ4n) is 3.20. The highest BCUT2D eigenvalue weighted by Gasteiger charge is 2.25. The Bertz CT molecular complexity index is 1100. The Kier molecular flexibility index (Phi) is 3.77. The van der Waals surface area contributed by atoms with Gasteiger partial charge in [0.2, 0.25) is 0 Å². The van der Waals surface area contributed by atoms with E-state index < -0.39 is 9.84 Å². The van der Waals surface area contributed by atoms with Crippen molar-refractivity contribution in [2.45, 2.75) is 18.4 Å². The summed E-state index contributed by atoms with van der Waals surface area (Å²) in [6.45, 7) is 2.24. The molecule has 1 aliphatic heterocycles. The summed E-state index contributed by atoms with van der Waals surface area (Å²) in [6.07, 6.45) is 1.19. The molecule has 0 N–H and O–H groups in total. The van der Waals surface area contributed by atoms with E-state index in [1.807, 2.05) is 35.8 Å². The number of sulfone groups is 1. The van der Waals surface area contributed by atoms with Crippen molar-refractivity contribution in [3.8, 4) is 28.4 Å². The van der Waals surface area contributed by atoms with Crippen LogP contribution in [0, 0.1) is 6.92 Å². The number of rotatable bonds is 3. The Morgan fingerprint density at radius 1 is 1.15 bits per heavy atom. The Balaban J connectivity index is 1.90. The van der Waals surface area contributed by atoms with E-state index in [1.54, 1.807) is 25.3 Å². The summed E-state index contributed by atoms with van der Waals surface area (Å²) < 4.78 is 36.7. The summed E-state index contributed by atoms with van der Waals surface area (Å²) in [7, 11) is -1.66. The summed E-state index contributed by atoms with van der Waals surface area (Å²) in [4.78, 5) is 4.87. The number of fused-ring (bicyclic) bond motifs is 3. The highest BCUT2D eigenvalue weighted by atomic mass is 32.2. The molecule has 0 aliphatic carbocycles. The normalized spacial score (nSPS) is 12.9. The van der Waals surface area contributed by atoms with E-state index in [0.29, 0.717) is 5.75 Å². The van der Waals surface area contributed by atoms with Crippen LogP contribution in [0.1, 0.15) is 11.5 Å². The Hall–Kier alpha value is -2.80. The maximum Gasteiger partial charge on any atom is 0.175 e. The molecule has 26 heavy (non-hydrogen) atoms. The SMILES string of the molecule is COc1ccc(-c2c(C)nc3n2-c2ccc(S(C)(=O)=O)cc2OC3)cc1. The second-order valence-electron chi connectivity index (χ2n) is 6.22. The van der Waals surface area contributed by atoms with Crippen molar-refractivity contribution in [2.75, 3.05) is 13.4 Å². The number of hydrogen-bond donors (Lipinski definition) is 0. The smallest absolute Gasteiger partial charge is 0.175 e. The zero-order chi connectivity index (χ0) is 18.5. The number of imidazole rings is 1. The van der Waals surface area contributed by atoms with Crippen LogP contribution in [0.25, 0.3) is 16.9 Å². The van der Waals surface area contributed by atoms with Crippen molar-refractivity contribution in [3.63, 3.8) is 0 Å². The highest BCUT2D eigenvalue weighted by molar-refractivity contribution is 7.90. The number of methoxy groups -OCH3 is 1. The van der Waals surface area contributed by atoms with E-state index in [-0.39, 0.29) is 11.5 Å². The van der Waals surface area contributed by atoms with Gasteiger partial charge < -0.3 is 9.47 Å². The molecule has 0 spiro atoms. The number of nitrogens with zero attached hydrogens (tertiary/aromatic N) is 2. The van der Waals surface area contributed by atoms with Gasteiger partial charge in [0.05, 0.1) is 29.1 Å². The molecule has 2 aromatic carbocycles. The largest absolute Gasteiger partial charge is 0.497 e. The van der Waals surface area contributed by atoms with Crippen LogP contribution in [0.2, 0.25) is 0 Å². The van der Waals surface area contributed by atoms with Gasteiger partial charge in [-0.2, -0.15) is 0 Å². The van der Waals surface area contributed by atoms with Crippen molar-refractivity contribution in [1.29, 1.82) is 0 Å². The fourth-order valence-corrected chi connectivity index (χ4v) is 3.83. The van der Waals surface area contributed by atoms with E-state index in [1.165, 1.54) is 6.26 Å². The molecule has 7 heteroatoms. The molecule has 0 unspecified atom stereocenters. The fraction of sp³-hybridized carbons (Fsp3) is 0.211. The molecule has 6 nitrogen and oxygen atoms in total. The van der Waals surface area contributed by atoms with Crippen molar-refractivity contribution in [2.24, 2.45) is 0 Å². The lowest BCUT2D eigenvalue weighted by molar-refractivity contribution is 0.279. The zero-order valence-electron chi connectivity index (χ0n) is 14.7. The van der Waals surface area contributed by atoms with Gasteiger partial charge in [-0.15, -0.1) is 0 Å². The molecule has 1 aromatic heterocycles. The maximum atomic E-state index is 11.8. The minimum atomic E-state index is -3.30. The first-order chi connectivity index (χ1) is 12.4. The molecule has 3 aromatic rings. The number of benzene rings is 2. The molecule has 0 atom stereocenters. The van der Waals surface area contributed by atoms with E-state index in [0.717, 1.165) is 34.2 Å². The summed E-state index contributed by atoms with van der Waals surface area (Å²) in [5, 5.41) is 0. The maximum absolute atomic E-state index is 11.8. The van der Waals surface area contributed by atoms with Gasteiger partial charge in [0, 0.05) is 17.9 Å². The minimum absolute atomic E-state index is 0.238. The van der Waals surface area contributed by atoms with Crippen LogP contribution < -0.4 is 9.47 Å². The lowest BCUT2D eigenvalue weighted by atomic mass is 10.1. The van der Waals surface area contributed by atoms with Crippen LogP contribution in [-0.4, -0.2) is 31.3 Å². The van der Waals surface area contributed by atoms with Crippen molar-refractivity contribution in [1.82, 2.24) is 9.55 Å². The van der Waals surface area contributed by atoms with Gasteiger partial charge in [-0.3, -0.25) is 4.57 Å². The summed E-state index contributed by atoms with van der Waals surface area (Å²) >= 11 is 0. The quantitative estimate of drug-likeness (QED) is 0.708. The topological polar surface area (TPSA) is 70.4 Å². The second kappa shape index (κ2) is 5.88. The number of hydrogen-bond acceptors (Lipinski definition) is 5. The molecule has 4 rings (SSSR count). The van der Waals surface area contributed by atoms with Crippen molar-refractivity contribution in [3.05, 3.63) is 54.0 Å². The Morgan fingerprint density at radius 3 is 2.54 bits per heavy atom. The average molecular weight is 370 g/mol. The average Bonchev–Trinajstić information content (AvgIpc) is 2.97. The lowest BCUT2D eigenvalue weighted by Crippen LogP contribution is -2.14. The zero-order valence-corrected chi connectivity index (χ0v) is 15.5. The monoisotopic (exact) mass is 370 g/mol. The standard InChI is InChI=1S/C19H18N2O4S/c1-12-19(13-4-6-14(24-2)7-5-13)21-16-9-8-15(26(3,22)23)10-17(16)25-11-18(21)20-12/h4-10H,11H2,1-3H3. The predicted octanol–water partition coefficient (Wildman–Crippen LogP) is 3.15. The van der Waals surface area contributed by atoms with E-state index >= 15 is 0 Å². The molecule has 0 bridgehead atoms. The van der Waals surface area contributed by atoms with Crippen LogP contribution in [0.5, 0.6) is 11.5 Å². The third kappa shape index (κ3) is 2.64. The van der Waals surface area contributed by atoms with Gasteiger partial charge in [-0.05, 0) is 43.3 Å². The van der Waals surface area contributed by atoms with Crippen LogP contribution in [0.3, 0.4) is 0 Å². The van der Waals surface area contributed by atoms with E-state index in [2.05, 4.69) is 4.98 Å². The molecule has 134 valence electrons. The molecule has 0 fully saturated rings.